The molecule has 0 heterocycles. The molecule has 0 aromatic carbocycles. The maximum absolute atomic E-state index is 5.15. The first kappa shape index (κ1) is 14.9. The van der Waals surface area contributed by atoms with E-state index >= 15 is 0 Å². The van der Waals surface area contributed by atoms with E-state index in [1.807, 2.05) is 0 Å². The van der Waals surface area contributed by atoms with E-state index in [4.69, 9.17) is 4.74 Å². The smallest absolute Gasteiger partial charge is 0.0589 e. The molecule has 0 spiro atoms. The van der Waals surface area contributed by atoms with E-state index in [2.05, 4.69) is 24.1 Å². The SMILES string of the molecule is COCCN(CCNCC1CCCC1)C(C)C. The Bertz CT molecular complexity index is 179. The van der Waals surface area contributed by atoms with Crippen molar-refractivity contribution in [1.29, 1.82) is 0 Å². The topological polar surface area (TPSA) is 24.5 Å². The second-order valence-corrected chi connectivity index (χ2v) is 5.48. The summed E-state index contributed by atoms with van der Waals surface area (Å²) in [6, 6.07) is 0.610. The van der Waals surface area contributed by atoms with Gasteiger partial charge in [0.25, 0.3) is 0 Å². The summed E-state index contributed by atoms with van der Waals surface area (Å²) < 4.78 is 5.15. The van der Waals surface area contributed by atoms with E-state index in [0.717, 1.165) is 32.2 Å². The van der Waals surface area contributed by atoms with Gasteiger partial charge in [0.05, 0.1) is 6.61 Å². The number of ether oxygens (including phenoxy) is 1. The van der Waals surface area contributed by atoms with Crippen molar-refractivity contribution in [1.82, 2.24) is 10.2 Å². The third-order valence-corrected chi connectivity index (χ3v) is 3.80. The first-order chi connectivity index (χ1) is 8.24. The summed E-state index contributed by atoms with van der Waals surface area (Å²) in [4.78, 5) is 2.48. The summed E-state index contributed by atoms with van der Waals surface area (Å²) in [6.07, 6.45) is 5.76. The van der Waals surface area contributed by atoms with Gasteiger partial charge in [-0.25, -0.2) is 0 Å². The van der Waals surface area contributed by atoms with Gasteiger partial charge in [-0.15, -0.1) is 0 Å². The van der Waals surface area contributed by atoms with Crippen LogP contribution < -0.4 is 5.32 Å². The van der Waals surface area contributed by atoms with Gasteiger partial charge in [-0.05, 0) is 39.2 Å². The number of hydrogen-bond acceptors (Lipinski definition) is 3. The van der Waals surface area contributed by atoms with Gasteiger partial charge in [0.1, 0.15) is 0 Å². The van der Waals surface area contributed by atoms with Crippen LogP contribution in [0.5, 0.6) is 0 Å². The van der Waals surface area contributed by atoms with E-state index in [-0.39, 0.29) is 0 Å². The van der Waals surface area contributed by atoms with E-state index in [0.29, 0.717) is 6.04 Å². The summed E-state index contributed by atoms with van der Waals surface area (Å²) in [6.45, 7) is 9.85. The molecule has 17 heavy (non-hydrogen) atoms. The van der Waals surface area contributed by atoms with Gasteiger partial charge in [-0.1, -0.05) is 12.8 Å². The monoisotopic (exact) mass is 242 g/mol. The number of nitrogens with zero attached hydrogens (tertiary/aromatic N) is 1. The molecular formula is C14H30N2O. The summed E-state index contributed by atoms with van der Waals surface area (Å²) in [5, 5.41) is 3.61. The maximum atomic E-state index is 5.15. The van der Waals surface area contributed by atoms with Crippen LogP contribution in [0.3, 0.4) is 0 Å². The highest BCUT2D eigenvalue weighted by Gasteiger charge is 2.14. The van der Waals surface area contributed by atoms with E-state index in [1.165, 1.54) is 32.2 Å². The highest BCUT2D eigenvalue weighted by atomic mass is 16.5. The average Bonchev–Trinajstić information content (AvgIpc) is 2.80. The van der Waals surface area contributed by atoms with Gasteiger partial charge < -0.3 is 10.1 Å². The van der Waals surface area contributed by atoms with Crippen molar-refractivity contribution in [2.75, 3.05) is 39.9 Å². The fourth-order valence-electron chi connectivity index (χ4n) is 2.58. The zero-order valence-electron chi connectivity index (χ0n) is 11.9. The van der Waals surface area contributed by atoms with Gasteiger partial charge >= 0.3 is 0 Å². The van der Waals surface area contributed by atoms with E-state index in [1.54, 1.807) is 7.11 Å². The zero-order valence-corrected chi connectivity index (χ0v) is 11.9. The van der Waals surface area contributed by atoms with Crippen LogP contribution in [0.25, 0.3) is 0 Å². The fraction of sp³-hybridized carbons (Fsp3) is 1.00. The van der Waals surface area contributed by atoms with Crippen molar-refractivity contribution >= 4 is 0 Å². The van der Waals surface area contributed by atoms with Crippen molar-refractivity contribution in [2.24, 2.45) is 5.92 Å². The van der Waals surface area contributed by atoms with Crippen LogP contribution in [0.2, 0.25) is 0 Å². The fourth-order valence-corrected chi connectivity index (χ4v) is 2.58. The third kappa shape index (κ3) is 6.39. The van der Waals surface area contributed by atoms with Crippen LogP contribution in [-0.2, 0) is 4.74 Å². The minimum atomic E-state index is 0.610. The molecule has 0 aliphatic heterocycles. The van der Waals surface area contributed by atoms with Crippen LogP contribution in [-0.4, -0.2) is 50.8 Å². The first-order valence-electron chi connectivity index (χ1n) is 7.17. The van der Waals surface area contributed by atoms with Crippen LogP contribution in [0.15, 0.2) is 0 Å². The second kappa shape index (κ2) is 8.90. The molecule has 0 aromatic rings. The van der Waals surface area contributed by atoms with Crippen molar-refractivity contribution < 1.29 is 4.74 Å². The Kier molecular flexibility index (Phi) is 7.82. The van der Waals surface area contributed by atoms with Crippen LogP contribution in [0.4, 0.5) is 0 Å². The van der Waals surface area contributed by atoms with Crippen LogP contribution >= 0.6 is 0 Å². The average molecular weight is 242 g/mol. The van der Waals surface area contributed by atoms with Crippen molar-refractivity contribution in [3.8, 4) is 0 Å². The minimum Gasteiger partial charge on any atom is -0.383 e. The summed E-state index contributed by atoms with van der Waals surface area (Å²) in [7, 11) is 1.77. The quantitative estimate of drug-likeness (QED) is 0.627. The Labute approximate surface area is 107 Å². The molecule has 0 bridgehead atoms. The standard InChI is InChI=1S/C14H30N2O/c1-13(2)16(10-11-17-3)9-8-15-12-14-6-4-5-7-14/h13-15H,4-12H2,1-3H3. The summed E-state index contributed by atoms with van der Waals surface area (Å²) >= 11 is 0. The molecular weight excluding hydrogens is 212 g/mol. The Morgan fingerprint density at radius 1 is 1.24 bits per heavy atom. The largest absolute Gasteiger partial charge is 0.383 e. The molecule has 0 saturated heterocycles. The summed E-state index contributed by atoms with van der Waals surface area (Å²) in [5.41, 5.74) is 0. The number of rotatable bonds is 9. The van der Waals surface area contributed by atoms with Gasteiger partial charge in [0, 0.05) is 32.8 Å². The normalized spacial score (nSPS) is 17.5. The zero-order chi connectivity index (χ0) is 12.5. The van der Waals surface area contributed by atoms with E-state index in [9.17, 15) is 0 Å². The molecule has 3 heteroatoms. The van der Waals surface area contributed by atoms with Gasteiger partial charge in [-0.3, -0.25) is 4.90 Å². The molecule has 1 fully saturated rings. The molecule has 0 unspecified atom stereocenters. The molecule has 0 atom stereocenters. The highest BCUT2D eigenvalue weighted by Crippen LogP contribution is 2.23. The minimum absolute atomic E-state index is 0.610. The lowest BCUT2D eigenvalue weighted by Gasteiger charge is -2.26. The number of methoxy groups -OCH3 is 1. The van der Waals surface area contributed by atoms with E-state index < -0.39 is 0 Å². The van der Waals surface area contributed by atoms with Crippen molar-refractivity contribution in [3.05, 3.63) is 0 Å². The Balaban J connectivity index is 2.04. The molecule has 3 nitrogen and oxygen atoms in total. The Morgan fingerprint density at radius 2 is 1.94 bits per heavy atom. The number of nitrogens with one attached hydrogen (secondary N) is 1. The maximum Gasteiger partial charge on any atom is 0.0589 e. The Morgan fingerprint density at radius 3 is 2.53 bits per heavy atom. The summed E-state index contributed by atoms with van der Waals surface area (Å²) in [5.74, 6) is 0.946. The first-order valence-corrected chi connectivity index (χ1v) is 7.17. The molecule has 0 amide bonds. The molecule has 1 aliphatic rings. The number of hydrogen-bond donors (Lipinski definition) is 1. The van der Waals surface area contributed by atoms with Gasteiger partial charge in [0.2, 0.25) is 0 Å². The van der Waals surface area contributed by atoms with Gasteiger partial charge in [-0.2, -0.15) is 0 Å². The molecule has 1 rings (SSSR count). The molecule has 102 valence electrons. The lowest BCUT2D eigenvalue weighted by Crippen LogP contribution is -2.39. The molecule has 0 radical (unpaired) electrons. The lowest BCUT2D eigenvalue weighted by atomic mass is 10.1. The van der Waals surface area contributed by atoms with Gasteiger partial charge in [0.15, 0.2) is 0 Å². The predicted octanol–water partition coefficient (Wildman–Crippen LogP) is 2.12. The molecule has 1 aliphatic carbocycles. The van der Waals surface area contributed by atoms with Crippen molar-refractivity contribution in [2.45, 2.75) is 45.6 Å². The van der Waals surface area contributed by atoms with Crippen LogP contribution in [0.1, 0.15) is 39.5 Å². The van der Waals surface area contributed by atoms with Crippen molar-refractivity contribution in [3.63, 3.8) is 0 Å². The highest BCUT2D eigenvalue weighted by molar-refractivity contribution is 4.70. The lowest BCUT2D eigenvalue weighted by molar-refractivity contribution is 0.130. The predicted molar refractivity (Wildman–Crippen MR) is 73.4 cm³/mol. The molecule has 1 N–H and O–H groups in total. The molecule has 1 saturated carbocycles. The Hall–Kier alpha value is -0.120. The van der Waals surface area contributed by atoms with Crippen LogP contribution in [0, 0.1) is 5.92 Å². The second-order valence-electron chi connectivity index (χ2n) is 5.48. The third-order valence-electron chi connectivity index (χ3n) is 3.80. The molecule has 0 aromatic heterocycles.